The summed E-state index contributed by atoms with van der Waals surface area (Å²) in [4.78, 5) is 0. The third kappa shape index (κ3) is 2.10. The fourth-order valence-corrected chi connectivity index (χ4v) is 5.30. The first-order valence-corrected chi connectivity index (χ1v) is 9.14. The van der Waals surface area contributed by atoms with Gasteiger partial charge in [-0.05, 0) is 0 Å². The van der Waals surface area contributed by atoms with Gasteiger partial charge in [-0.3, -0.25) is 0 Å². The van der Waals surface area contributed by atoms with Gasteiger partial charge in [0, 0.05) is 0 Å². The molecule has 0 aliphatic carbocycles. The van der Waals surface area contributed by atoms with E-state index < -0.39 is 0 Å². The van der Waals surface area contributed by atoms with Crippen LogP contribution < -0.4 is 4.46 Å². The molecule has 11 heavy (non-hydrogen) atoms. The Kier molecular flexibility index (Phi) is 3.21. The first-order chi connectivity index (χ1) is 5.15. The molecule has 0 radical (unpaired) electrons. The summed E-state index contributed by atoms with van der Waals surface area (Å²) in [6.45, 7) is 6.55. The van der Waals surface area contributed by atoms with Crippen LogP contribution in [0.4, 0.5) is 0 Å². The molecule has 0 saturated carbocycles. The second-order valence-corrected chi connectivity index (χ2v) is 6.05. The molecule has 0 saturated heterocycles. The Balaban J connectivity index is 3.25. The van der Waals surface area contributed by atoms with Crippen molar-refractivity contribution in [2.45, 2.75) is 20.8 Å². The van der Waals surface area contributed by atoms with Gasteiger partial charge < -0.3 is 0 Å². The third-order valence-corrected chi connectivity index (χ3v) is 5.42. The van der Waals surface area contributed by atoms with Gasteiger partial charge in [0.25, 0.3) is 0 Å². The van der Waals surface area contributed by atoms with Gasteiger partial charge in [0.2, 0.25) is 0 Å². The van der Waals surface area contributed by atoms with E-state index >= 15 is 0 Å². The summed E-state index contributed by atoms with van der Waals surface area (Å²) in [6.07, 6.45) is 0. The number of hydrogen-bond acceptors (Lipinski definition) is 0. The van der Waals surface area contributed by atoms with Crippen LogP contribution in [0.2, 0.25) is 0 Å². The van der Waals surface area contributed by atoms with Crippen LogP contribution >= 0.6 is 0 Å². The summed E-state index contributed by atoms with van der Waals surface area (Å²) < 4.78 is 1.54. The van der Waals surface area contributed by atoms with E-state index in [0.717, 1.165) is 0 Å². The Bertz CT molecular complexity index is 243. The van der Waals surface area contributed by atoms with Crippen LogP contribution in [0.1, 0.15) is 16.7 Å². The van der Waals surface area contributed by atoms with E-state index in [-0.39, 0.29) is 0 Å². The molecular weight excluding hydrogens is 266 g/mol. The summed E-state index contributed by atoms with van der Waals surface area (Å²) in [6, 6.07) is 4.52. The number of benzene rings is 1. The first-order valence-electron chi connectivity index (χ1n) is 3.54. The summed E-state index contributed by atoms with van der Waals surface area (Å²) in [5.41, 5.74) is 4.27. The molecule has 1 aromatic carbocycles. The van der Waals surface area contributed by atoms with Crippen molar-refractivity contribution < 1.29 is 0 Å². The minimum absolute atomic E-state index is 0.578. The maximum absolute atomic E-state index is 2.70. The standard InChI is InChI=1S/C9H12Se2/c1-6-4-7(2)9(11-10)8(3)5-6/h4-5,10H,1-3H3. The van der Waals surface area contributed by atoms with Gasteiger partial charge in [-0.25, -0.2) is 0 Å². The number of hydrogen-bond donors (Lipinski definition) is 0. The monoisotopic (exact) mass is 280 g/mol. The normalized spacial score (nSPS) is 10.2. The second-order valence-electron chi connectivity index (χ2n) is 2.82. The Hall–Kier alpha value is 0.259. The topological polar surface area (TPSA) is 0 Å². The average molecular weight is 278 g/mol. The van der Waals surface area contributed by atoms with E-state index in [1.54, 1.807) is 4.46 Å². The van der Waals surface area contributed by atoms with Gasteiger partial charge in [0.1, 0.15) is 0 Å². The molecule has 0 spiro atoms. The molecule has 0 atom stereocenters. The Morgan fingerprint density at radius 2 is 1.55 bits per heavy atom. The van der Waals surface area contributed by atoms with Crippen LogP contribution in [0.15, 0.2) is 12.1 Å². The molecule has 60 valence electrons. The van der Waals surface area contributed by atoms with E-state index in [9.17, 15) is 0 Å². The molecule has 1 aromatic rings. The zero-order valence-electron chi connectivity index (χ0n) is 7.01. The van der Waals surface area contributed by atoms with E-state index in [4.69, 9.17) is 0 Å². The van der Waals surface area contributed by atoms with Crippen LogP contribution in [0.25, 0.3) is 0 Å². The first kappa shape index (κ1) is 9.35. The molecule has 2 heteroatoms. The molecule has 0 fully saturated rings. The molecule has 0 nitrogen and oxygen atoms in total. The number of rotatable bonds is 1. The van der Waals surface area contributed by atoms with Gasteiger partial charge in [0.05, 0.1) is 0 Å². The second kappa shape index (κ2) is 3.78. The predicted molar refractivity (Wildman–Crippen MR) is 53.2 cm³/mol. The zero-order chi connectivity index (χ0) is 8.43. The molecule has 0 amide bonds. The van der Waals surface area contributed by atoms with Crippen LogP contribution in [-0.4, -0.2) is 27.3 Å². The van der Waals surface area contributed by atoms with Crippen molar-refractivity contribution in [1.82, 2.24) is 0 Å². The molecule has 0 bridgehead atoms. The number of aryl methyl sites for hydroxylation is 3. The van der Waals surface area contributed by atoms with Crippen LogP contribution in [0.5, 0.6) is 0 Å². The van der Waals surface area contributed by atoms with Crippen LogP contribution in [0, 0.1) is 20.8 Å². The summed E-state index contributed by atoms with van der Waals surface area (Å²) >= 11 is 3.28. The van der Waals surface area contributed by atoms with Crippen molar-refractivity contribution in [3.8, 4) is 0 Å². The summed E-state index contributed by atoms with van der Waals surface area (Å²) in [7, 11) is 0. The molecule has 0 unspecified atom stereocenters. The Morgan fingerprint density at radius 1 is 1.09 bits per heavy atom. The minimum atomic E-state index is 0.578. The van der Waals surface area contributed by atoms with Gasteiger partial charge >= 0.3 is 81.4 Å². The van der Waals surface area contributed by atoms with Crippen molar-refractivity contribution in [2.24, 2.45) is 0 Å². The molecule has 1 rings (SSSR count). The van der Waals surface area contributed by atoms with E-state index in [2.05, 4.69) is 47.1 Å². The average Bonchev–Trinajstić information content (AvgIpc) is 1.85. The molecule has 0 aromatic heterocycles. The van der Waals surface area contributed by atoms with Crippen molar-refractivity contribution in [3.05, 3.63) is 28.8 Å². The molecule has 0 N–H and O–H groups in total. The molecule has 0 aliphatic heterocycles. The van der Waals surface area contributed by atoms with Crippen LogP contribution in [0.3, 0.4) is 0 Å². The van der Waals surface area contributed by atoms with Crippen molar-refractivity contribution in [1.29, 1.82) is 0 Å². The van der Waals surface area contributed by atoms with E-state index in [1.165, 1.54) is 16.7 Å². The van der Waals surface area contributed by atoms with Gasteiger partial charge in [-0.15, -0.1) is 0 Å². The van der Waals surface area contributed by atoms with Gasteiger partial charge in [-0.2, -0.15) is 0 Å². The van der Waals surface area contributed by atoms with Gasteiger partial charge in [0.15, 0.2) is 0 Å². The molecular formula is C9H12Se2. The SMILES string of the molecule is Cc1cc(C)c([Se][SeH])c(C)c1. The Labute approximate surface area is 81.3 Å². The van der Waals surface area contributed by atoms with Crippen LogP contribution in [-0.2, 0) is 0 Å². The molecule has 0 aliphatic rings. The third-order valence-electron chi connectivity index (χ3n) is 1.70. The maximum atomic E-state index is 2.70. The predicted octanol–water partition coefficient (Wildman–Crippen LogP) is 0.757. The van der Waals surface area contributed by atoms with Crippen molar-refractivity contribution in [2.75, 3.05) is 0 Å². The van der Waals surface area contributed by atoms with E-state index in [1.807, 2.05) is 0 Å². The summed E-state index contributed by atoms with van der Waals surface area (Å²) in [5, 5.41) is 0. The Morgan fingerprint density at radius 3 is 1.91 bits per heavy atom. The summed E-state index contributed by atoms with van der Waals surface area (Å²) in [5.74, 6) is 0. The molecule has 0 heterocycles. The van der Waals surface area contributed by atoms with E-state index in [0.29, 0.717) is 13.1 Å². The van der Waals surface area contributed by atoms with Crippen molar-refractivity contribution in [3.63, 3.8) is 0 Å². The van der Waals surface area contributed by atoms with Gasteiger partial charge in [-0.1, -0.05) is 0 Å². The zero-order valence-corrected chi connectivity index (χ0v) is 10.6. The quantitative estimate of drug-likeness (QED) is 0.665. The van der Waals surface area contributed by atoms with Crippen molar-refractivity contribution >= 4 is 31.8 Å². The fraction of sp³-hybridized carbons (Fsp3) is 0.333. The fourth-order valence-electron chi connectivity index (χ4n) is 1.31.